The monoisotopic (exact) mass is 340 g/mol. The summed E-state index contributed by atoms with van der Waals surface area (Å²) >= 11 is 0. The lowest BCUT2D eigenvalue weighted by Gasteiger charge is -2.32. The fourth-order valence-corrected chi connectivity index (χ4v) is 3.96. The van der Waals surface area contributed by atoms with Gasteiger partial charge in [0, 0.05) is 23.4 Å². The lowest BCUT2D eigenvalue weighted by atomic mass is 9.75. The molecule has 128 valence electrons. The fraction of sp³-hybridized carbons (Fsp3) is 0.217. The van der Waals surface area contributed by atoms with Crippen LogP contribution in [0, 0.1) is 11.3 Å². The van der Waals surface area contributed by atoms with Crippen molar-refractivity contribution in [2.45, 2.75) is 32.1 Å². The molecule has 0 spiro atoms. The number of carbonyl (C=O) groups is 1. The van der Waals surface area contributed by atoms with Gasteiger partial charge < -0.3 is 5.32 Å². The molecule has 26 heavy (non-hydrogen) atoms. The number of Topliss-reactive ketones (excluding diaryl/α,β-unsaturated/α-hetero) is 1. The van der Waals surface area contributed by atoms with E-state index in [0.29, 0.717) is 12.0 Å². The number of benzene rings is 2. The minimum atomic E-state index is -0.256. The highest BCUT2D eigenvalue weighted by atomic mass is 16.1. The van der Waals surface area contributed by atoms with Gasteiger partial charge in [-0.25, -0.2) is 0 Å². The van der Waals surface area contributed by atoms with Crippen LogP contribution in [0.5, 0.6) is 0 Å². The average molecular weight is 340 g/mol. The molecular weight excluding hydrogens is 320 g/mol. The Balaban J connectivity index is 1.78. The molecule has 0 unspecified atom stereocenters. The van der Waals surface area contributed by atoms with Crippen LogP contribution in [0.25, 0.3) is 11.1 Å². The van der Waals surface area contributed by atoms with Crippen LogP contribution in [0.4, 0.5) is 0 Å². The lowest BCUT2D eigenvalue weighted by molar-refractivity contribution is -0.116. The fourth-order valence-electron chi connectivity index (χ4n) is 3.96. The predicted molar refractivity (Wildman–Crippen MR) is 102 cm³/mol. The molecule has 0 saturated carbocycles. The summed E-state index contributed by atoms with van der Waals surface area (Å²) in [4.78, 5) is 12.6. The molecule has 0 bridgehead atoms. The second-order valence-corrected chi connectivity index (χ2v) is 6.87. The van der Waals surface area contributed by atoms with Crippen LogP contribution in [-0.2, 0) is 4.79 Å². The summed E-state index contributed by atoms with van der Waals surface area (Å²) in [5, 5.41) is 13.0. The molecule has 3 heteroatoms. The Morgan fingerprint density at radius 1 is 1.00 bits per heavy atom. The first kappa shape index (κ1) is 16.4. The molecule has 1 N–H and O–H groups in total. The van der Waals surface area contributed by atoms with Crippen molar-refractivity contribution in [1.82, 2.24) is 5.32 Å². The van der Waals surface area contributed by atoms with Crippen LogP contribution >= 0.6 is 0 Å². The lowest BCUT2D eigenvalue weighted by Crippen LogP contribution is -2.31. The predicted octanol–water partition coefficient (Wildman–Crippen LogP) is 4.85. The summed E-state index contributed by atoms with van der Waals surface area (Å²) in [6, 6.07) is 20.8. The van der Waals surface area contributed by atoms with Crippen molar-refractivity contribution < 1.29 is 4.79 Å². The van der Waals surface area contributed by atoms with Crippen molar-refractivity contribution in [3.8, 4) is 17.2 Å². The van der Waals surface area contributed by atoms with Gasteiger partial charge in [-0.2, -0.15) is 5.26 Å². The number of hydrogen-bond donors (Lipinski definition) is 1. The quantitative estimate of drug-likeness (QED) is 0.850. The van der Waals surface area contributed by atoms with Crippen molar-refractivity contribution in [2.75, 3.05) is 0 Å². The van der Waals surface area contributed by atoms with Crippen molar-refractivity contribution in [1.29, 1.82) is 5.26 Å². The zero-order chi connectivity index (χ0) is 18.1. The zero-order valence-electron chi connectivity index (χ0n) is 14.8. The second kappa shape index (κ2) is 6.65. The van der Waals surface area contributed by atoms with Gasteiger partial charge in [-0.3, -0.25) is 4.79 Å². The Bertz CT molecular complexity index is 960. The maximum absolute atomic E-state index is 12.6. The van der Waals surface area contributed by atoms with E-state index in [4.69, 9.17) is 0 Å². The number of nitrogens with one attached hydrogen (secondary N) is 1. The summed E-state index contributed by atoms with van der Waals surface area (Å²) < 4.78 is 0. The highest BCUT2D eigenvalue weighted by molar-refractivity contribution is 5.99. The SMILES string of the molecule is CC1=C(C#N)[C@H](c2ccc(-c3ccccc3)cc2)C2=C(CCCC2=O)N1. The van der Waals surface area contributed by atoms with E-state index in [1.165, 1.54) is 0 Å². The Morgan fingerprint density at radius 3 is 2.38 bits per heavy atom. The topological polar surface area (TPSA) is 52.9 Å². The number of ketones is 1. The molecule has 0 radical (unpaired) electrons. The number of carbonyl (C=O) groups excluding carboxylic acids is 1. The zero-order valence-corrected chi connectivity index (χ0v) is 14.8. The Kier molecular flexibility index (Phi) is 4.18. The van der Waals surface area contributed by atoms with Crippen LogP contribution < -0.4 is 5.32 Å². The molecule has 1 aliphatic carbocycles. The molecule has 4 rings (SSSR count). The highest BCUT2D eigenvalue weighted by Crippen LogP contribution is 2.42. The van der Waals surface area contributed by atoms with Gasteiger partial charge in [-0.05, 0) is 36.5 Å². The molecule has 2 aliphatic rings. The highest BCUT2D eigenvalue weighted by Gasteiger charge is 2.35. The van der Waals surface area contributed by atoms with Crippen molar-refractivity contribution >= 4 is 5.78 Å². The molecule has 1 atom stereocenters. The smallest absolute Gasteiger partial charge is 0.161 e. The van der Waals surface area contributed by atoms with Crippen LogP contribution in [0.15, 0.2) is 77.1 Å². The molecule has 1 aliphatic heterocycles. The van der Waals surface area contributed by atoms with Gasteiger partial charge >= 0.3 is 0 Å². The van der Waals surface area contributed by atoms with Crippen LogP contribution in [0.3, 0.4) is 0 Å². The Labute approximate surface area is 153 Å². The largest absolute Gasteiger partial charge is 0.361 e. The third-order valence-corrected chi connectivity index (χ3v) is 5.25. The minimum absolute atomic E-state index is 0.163. The van der Waals surface area contributed by atoms with Gasteiger partial charge in [-0.15, -0.1) is 0 Å². The molecule has 0 amide bonds. The van der Waals surface area contributed by atoms with Gasteiger partial charge in [0.15, 0.2) is 5.78 Å². The first-order valence-corrected chi connectivity index (χ1v) is 8.98. The number of dihydropyridines is 1. The summed E-state index contributed by atoms with van der Waals surface area (Å²) in [5.74, 6) is -0.0926. The van der Waals surface area contributed by atoms with E-state index in [2.05, 4.69) is 47.8 Å². The summed E-state index contributed by atoms with van der Waals surface area (Å²) in [7, 11) is 0. The van der Waals surface area contributed by atoms with Crippen molar-refractivity contribution in [3.63, 3.8) is 0 Å². The van der Waals surface area contributed by atoms with Crippen LogP contribution in [0.1, 0.15) is 37.7 Å². The van der Waals surface area contributed by atoms with Gasteiger partial charge in [-0.1, -0.05) is 54.6 Å². The molecule has 2 aromatic rings. The van der Waals surface area contributed by atoms with Gasteiger partial charge in [0.2, 0.25) is 0 Å². The Hall–Kier alpha value is -3.12. The third kappa shape index (κ3) is 2.74. The van der Waals surface area contributed by atoms with E-state index in [0.717, 1.165) is 46.5 Å². The number of rotatable bonds is 2. The third-order valence-electron chi connectivity index (χ3n) is 5.25. The standard InChI is InChI=1S/C23H20N2O/c1-15-19(14-24)22(23-20(25-15)8-5-9-21(23)26)18-12-10-17(11-13-18)16-6-3-2-4-7-16/h2-4,6-7,10-13,22,25H,5,8-9H2,1H3/t22-/m0/s1. The molecule has 0 aromatic heterocycles. The molecule has 2 aromatic carbocycles. The van der Waals surface area contributed by atoms with E-state index in [-0.39, 0.29) is 11.7 Å². The van der Waals surface area contributed by atoms with Crippen molar-refractivity contribution in [3.05, 3.63) is 82.7 Å². The van der Waals surface area contributed by atoms with E-state index in [1.54, 1.807) is 0 Å². The first-order chi connectivity index (χ1) is 12.7. The molecule has 0 fully saturated rings. The second-order valence-electron chi connectivity index (χ2n) is 6.87. The Morgan fingerprint density at radius 2 is 1.69 bits per heavy atom. The van der Waals surface area contributed by atoms with Gasteiger partial charge in [0.1, 0.15) is 0 Å². The van der Waals surface area contributed by atoms with Gasteiger partial charge in [0.25, 0.3) is 0 Å². The van der Waals surface area contributed by atoms with E-state index < -0.39 is 0 Å². The van der Waals surface area contributed by atoms with E-state index in [1.807, 2.05) is 25.1 Å². The number of nitriles is 1. The van der Waals surface area contributed by atoms with Gasteiger partial charge in [0.05, 0.1) is 17.6 Å². The maximum atomic E-state index is 12.6. The van der Waals surface area contributed by atoms with Crippen molar-refractivity contribution in [2.24, 2.45) is 0 Å². The molecule has 0 saturated heterocycles. The number of hydrogen-bond acceptors (Lipinski definition) is 3. The summed E-state index contributed by atoms with van der Waals surface area (Å²) in [6.45, 7) is 1.92. The first-order valence-electron chi connectivity index (χ1n) is 8.98. The van der Waals surface area contributed by atoms with Crippen LogP contribution in [-0.4, -0.2) is 5.78 Å². The normalized spacial score (nSPS) is 19.7. The van der Waals surface area contributed by atoms with E-state index in [9.17, 15) is 10.1 Å². The molecular formula is C23H20N2O. The van der Waals surface area contributed by atoms with E-state index >= 15 is 0 Å². The molecule has 3 nitrogen and oxygen atoms in total. The summed E-state index contributed by atoms with van der Waals surface area (Å²) in [6.07, 6.45) is 2.31. The number of allylic oxidation sites excluding steroid dienone is 4. The minimum Gasteiger partial charge on any atom is -0.361 e. The molecule has 1 heterocycles. The summed E-state index contributed by atoms with van der Waals surface area (Å²) in [5.41, 5.74) is 6.58. The maximum Gasteiger partial charge on any atom is 0.161 e. The average Bonchev–Trinajstić information content (AvgIpc) is 2.68. The number of nitrogens with zero attached hydrogens (tertiary/aromatic N) is 1. The van der Waals surface area contributed by atoms with Crippen LogP contribution in [0.2, 0.25) is 0 Å².